The van der Waals surface area contributed by atoms with E-state index in [-0.39, 0.29) is 41.4 Å². The van der Waals surface area contributed by atoms with Gasteiger partial charge in [-0.3, -0.25) is 4.79 Å². The smallest absolute Gasteiger partial charge is 0.217 e. The lowest BCUT2D eigenvalue weighted by molar-refractivity contribution is -0.120. The molecule has 0 bridgehead atoms. The molecule has 0 radical (unpaired) electrons. The fourth-order valence-corrected chi connectivity index (χ4v) is 4.59. The van der Waals surface area contributed by atoms with Crippen LogP contribution in [-0.4, -0.2) is 28.3 Å². The van der Waals surface area contributed by atoms with Crippen LogP contribution >= 0.6 is 0 Å². The summed E-state index contributed by atoms with van der Waals surface area (Å²) in [5.41, 5.74) is 6.74. The van der Waals surface area contributed by atoms with E-state index in [2.05, 4.69) is 62.4 Å². The zero-order valence-electron chi connectivity index (χ0n) is 21.5. The highest BCUT2D eigenvalue weighted by Crippen LogP contribution is 2.31. The van der Waals surface area contributed by atoms with Crippen molar-refractivity contribution in [1.29, 1.82) is 0 Å². The number of primary amides is 1. The van der Waals surface area contributed by atoms with Crippen LogP contribution in [-0.2, 0) is 11.2 Å². The Morgan fingerprint density at radius 3 is 2.03 bits per heavy atom. The lowest BCUT2D eigenvalue weighted by Crippen LogP contribution is -2.35. The van der Waals surface area contributed by atoms with E-state index in [1.165, 1.54) is 5.56 Å². The lowest BCUT2D eigenvalue weighted by atomic mass is 9.75. The van der Waals surface area contributed by atoms with Gasteiger partial charge in [0.1, 0.15) is 0 Å². The first-order chi connectivity index (χ1) is 15.5. The standard InChI is InChI=1S/C29H47NO3/c1-20(2)26(19-27(30)31)24(6)29(33)23(5)15-12-14-22(4)28(32)21(3)13-10-11-18-25-16-8-7-9-17-25/h7-10,12-14,16-17,20-24,26,28-29,32-33H,11,15,18-19H2,1-6H3,(H2,30,31)/b13-10-,14-12-. The average molecular weight is 458 g/mol. The third kappa shape index (κ3) is 10.7. The molecule has 7 atom stereocenters. The van der Waals surface area contributed by atoms with Crippen LogP contribution in [0.2, 0.25) is 0 Å². The third-order valence-corrected chi connectivity index (χ3v) is 7.00. The second-order valence-corrected chi connectivity index (χ2v) is 10.2. The molecule has 0 aliphatic carbocycles. The number of hydrogen-bond donors (Lipinski definition) is 3. The van der Waals surface area contributed by atoms with Gasteiger partial charge in [0.2, 0.25) is 5.91 Å². The number of carbonyl (C=O) groups excluding carboxylic acids is 1. The average Bonchev–Trinajstić information content (AvgIpc) is 2.78. The molecule has 1 amide bonds. The minimum Gasteiger partial charge on any atom is -0.393 e. The highest BCUT2D eigenvalue weighted by atomic mass is 16.3. The van der Waals surface area contributed by atoms with E-state index in [1.807, 2.05) is 33.8 Å². The molecule has 0 fully saturated rings. The number of benzene rings is 1. The summed E-state index contributed by atoms with van der Waals surface area (Å²) < 4.78 is 0. The minimum atomic E-state index is -0.506. The predicted octanol–water partition coefficient (Wildman–Crippen LogP) is 5.54. The summed E-state index contributed by atoms with van der Waals surface area (Å²) in [6.45, 7) is 12.3. The number of rotatable bonds is 15. The van der Waals surface area contributed by atoms with E-state index in [0.29, 0.717) is 6.42 Å². The van der Waals surface area contributed by atoms with Crippen LogP contribution in [0.3, 0.4) is 0 Å². The molecule has 1 rings (SSSR count). The summed E-state index contributed by atoms with van der Waals surface area (Å²) >= 11 is 0. The fraction of sp³-hybridized carbons (Fsp3) is 0.621. The van der Waals surface area contributed by atoms with E-state index in [4.69, 9.17) is 5.73 Å². The van der Waals surface area contributed by atoms with Crippen LogP contribution in [0, 0.1) is 35.5 Å². The van der Waals surface area contributed by atoms with Crippen LogP contribution < -0.4 is 5.73 Å². The van der Waals surface area contributed by atoms with Gasteiger partial charge < -0.3 is 15.9 Å². The SMILES string of the molecule is CC(C)C(CC(N)=O)C(C)C(O)C(C)C/C=C\C(C)C(O)C(C)/C=C\CCc1ccccc1. The molecule has 0 spiro atoms. The van der Waals surface area contributed by atoms with Gasteiger partial charge in [-0.2, -0.15) is 0 Å². The van der Waals surface area contributed by atoms with Crippen molar-refractivity contribution >= 4 is 5.91 Å². The zero-order valence-corrected chi connectivity index (χ0v) is 21.5. The largest absolute Gasteiger partial charge is 0.393 e. The van der Waals surface area contributed by atoms with Crippen molar-refractivity contribution in [3.63, 3.8) is 0 Å². The lowest BCUT2D eigenvalue weighted by Gasteiger charge is -2.33. The summed E-state index contributed by atoms with van der Waals surface area (Å²) in [4.78, 5) is 11.4. The van der Waals surface area contributed by atoms with Gasteiger partial charge in [0.15, 0.2) is 0 Å². The fourth-order valence-electron chi connectivity index (χ4n) is 4.59. The molecule has 33 heavy (non-hydrogen) atoms. The van der Waals surface area contributed by atoms with Crippen LogP contribution in [0.1, 0.15) is 66.4 Å². The van der Waals surface area contributed by atoms with Gasteiger partial charge in [0.25, 0.3) is 0 Å². The molecular weight excluding hydrogens is 410 g/mol. The number of allylic oxidation sites excluding steroid dienone is 2. The van der Waals surface area contributed by atoms with Crippen LogP contribution in [0.5, 0.6) is 0 Å². The maximum absolute atomic E-state index is 11.4. The summed E-state index contributed by atoms with van der Waals surface area (Å²) in [5, 5.41) is 21.5. The maximum atomic E-state index is 11.4. The minimum absolute atomic E-state index is 0.00930. The van der Waals surface area contributed by atoms with E-state index in [1.54, 1.807) is 0 Å². The molecule has 1 aromatic carbocycles. The summed E-state index contributed by atoms with van der Waals surface area (Å²) in [5.74, 6) is 0.186. The van der Waals surface area contributed by atoms with Gasteiger partial charge >= 0.3 is 0 Å². The molecule has 0 aromatic heterocycles. The monoisotopic (exact) mass is 457 g/mol. The Kier molecular flexibility index (Phi) is 13.3. The molecule has 0 heterocycles. The number of nitrogens with two attached hydrogens (primary N) is 1. The van der Waals surface area contributed by atoms with Crippen molar-refractivity contribution in [2.24, 2.45) is 41.2 Å². The van der Waals surface area contributed by atoms with Crippen molar-refractivity contribution in [1.82, 2.24) is 0 Å². The Morgan fingerprint density at radius 2 is 1.48 bits per heavy atom. The van der Waals surface area contributed by atoms with Crippen molar-refractivity contribution in [3.05, 3.63) is 60.2 Å². The number of amides is 1. The molecule has 4 N–H and O–H groups in total. The van der Waals surface area contributed by atoms with E-state index in [9.17, 15) is 15.0 Å². The maximum Gasteiger partial charge on any atom is 0.217 e. The Balaban J connectivity index is 2.50. The normalized spacial score (nSPS) is 18.8. The number of aliphatic hydroxyl groups is 2. The highest BCUT2D eigenvalue weighted by molar-refractivity contribution is 5.74. The van der Waals surface area contributed by atoms with Crippen molar-refractivity contribution in [3.8, 4) is 0 Å². The van der Waals surface area contributed by atoms with Gasteiger partial charge in [0.05, 0.1) is 12.2 Å². The molecule has 0 aliphatic heterocycles. The van der Waals surface area contributed by atoms with Crippen LogP contribution in [0.25, 0.3) is 0 Å². The molecule has 0 aliphatic rings. The molecular formula is C29H47NO3. The Morgan fingerprint density at radius 1 is 0.909 bits per heavy atom. The van der Waals surface area contributed by atoms with Crippen LogP contribution in [0.15, 0.2) is 54.6 Å². The van der Waals surface area contributed by atoms with Crippen LogP contribution in [0.4, 0.5) is 0 Å². The summed E-state index contributed by atoms with van der Waals surface area (Å²) in [6, 6.07) is 10.4. The quantitative estimate of drug-likeness (QED) is 0.303. The van der Waals surface area contributed by atoms with Gasteiger partial charge in [-0.25, -0.2) is 0 Å². The number of hydrogen-bond acceptors (Lipinski definition) is 3. The second-order valence-electron chi connectivity index (χ2n) is 10.2. The number of aliphatic hydroxyl groups excluding tert-OH is 2. The Bertz CT molecular complexity index is 728. The van der Waals surface area contributed by atoms with Gasteiger partial charge in [-0.1, -0.05) is 96.2 Å². The van der Waals surface area contributed by atoms with Crippen molar-refractivity contribution in [2.45, 2.75) is 79.4 Å². The number of carbonyl (C=O) groups is 1. The predicted molar refractivity (Wildman–Crippen MR) is 138 cm³/mol. The first kappa shape index (κ1) is 29.1. The molecule has 1 aromatic rings. The third-order valence-electron chi connectivity index (χ3n) is 7.00. The van der Waals surface area contributed by atoms with Gasteiger partial charge in [-0.05, 0) is 48.5 Å². The summed E-state index contributed by atoms with van der Waals surface area (Å²) in [6.07, 6.45) is 10.4. The van der Waals surface area contributed by atoms with Gasteiger partial charge in [-0.15, -0.1) is 0 Å². The highest BCUT2D eigenvalue weighted by Gasteiger charge is 2.30. The van der Waals surface area contributed by atoms with E-state index < -0.39 is 12.2 Å². The summed E-state index contributed by atoms with van der Waals surface area (Å²) in [7, 11) is 0. The molecule has 4 heteroatoms. The second kappa shape index (κ2) is 15.1. The topological polar surface area (TPSA) is 83.6 Å². The Labute approximate surface area is 202 Å². The molecule has 186 valence electrons. The molecule has 0 saturated heterocycles. The van der Waals surface area contributed by atoms with E-state index in [0.717, 1.165) is 19.3 Å². The van der Waals surface area contributed by atoms with E-state index >= 15 is 0 Å². The number of aryl methyl sites for hydroxylation is 1. The van der Waals surface area contributed by atoms with Crippen molar-refractivity contribution in [2.75, 3.05) is 0 Å². The Hall–Kier alpha value is -1.91. The molecule has 0 saturated carbocycles. The first-order valence-corrected chi connectivity index (χ1v) is 12.6. The molecule has 4 nitrogen and oxygen atoms in total. The molecule has 7 unspecified atom stereocenters. The first-order valence-electron chi connectivity index (χ1n) is 12.6. The zero-order chi connectivity index (χ0) is 25.0. The van der Waals surface area contributed by atoms with Crippen molar-refractivity contribution < 1.29 is 15.0 Å². The van der Waals surface area contributed by atoms with Gasteiger partial charge in [0, 0.05) is 18.3 Å².